The Bertz CT molecular complexity index is 369. The lowest BCUT2D eigenvalue weighted by molar-refractivity contribution is 0.132. The smallest absolute Gasteiger partial charge is 0.165 e. The van der Waals surface area contributed by atoms with E-state index < -0.39 is 0 Å². The van der Waals surface area contributed by atoms with Crippen molar-refractivity contribution in [2.24, 2.45) is 0 Å². The van der Waals surface area contributed by atoms with Gasteiger partial charge in [-0.05, 0) is 26.3 Å². The summed E-state index contributed by atoms with van der Waals surface area (Å²) in [6, 6.07) is 6.16. The second kappa shape index (κ2) is 4.36. The first-order valence-corrected chi connectivity index (χ1v) is 6.06. The molecule has 0 amide bonds. The SMILES string of the molecule is CCCCOc1cccc2c1OC(C)(C)C2. The van der Waals surface area contributed by atoms with E-state index in [1.54, 1.807) is 0 Å². The predicted molar refractivity (Wildman–Crippen MR) is 65.3 cm³/mol. The highest BCUT2D eigenvalue weighted by atomic mass is 16.5. The topological polar surface area (TPSA) is 18.5 Å². The molecule has 1 heterocycles. The third-order valence-corrected chi connectivity index (χ3v) is 2.81. The molecule has 0 N–H and O–H groups in total. The molecule has 1 aliphatic rings. The Labute approximate surface area is 97.6 Å². The van der Waals surface area contributed by atoms with Crippen LogP contribution in [0.4, 0.5) is 0 Å². The van der Waals surface area contributed by atoms with Crippen molar-refractivity contribution in [2.45, 2.75) is 45.6 Å². The van der Waals surface area contributed by atoms with Gasteiger partial charge in [0.15, 0.2) is 11.5 Å². The molecule has 0 bridgehead atoms. The first kappa shape index (κ1) is 11.3. The third-order valence-electron chi connectivity index (χ3n) is 2.81. The second-order valence-electron chi connectivity index (χ2n) is 4.98. The van der Waals surface area contributed by atoms with Crippen LogP contribution in [-0.2, 0) is 6.42 Å². The number of fused-ring (bicyclic) bond motifs is 1. The monoisotopic (exact) mass is 220 g/mol. The second-order valence-corrected chi connectivity index (χ2v) is 4.98. The summed E-state index contributed by atoms with van der Waals surface area (Å²) in [6.45, 7) is 7.17. The zero-order valence-electron chi connectivity index (χ0n) is 10.4. The maximum atomic E-state index is 5.93. The van der Waals surface area contributed by atoms with E-state index in [4.69, 9.17) is 9.47 Å². The van der Waals surface area contributed by atoms with E-state index in [2.05, 4.69) is 26.8 Å². The highest BCUT2D eigenvalue weighted by Crippen LogP contribution is 2.41. The number of hydrogen-bond donors (Lipinski definition) is 0. The molecule has 88 valence electrons. The van der Waals surface area contributed by atoms with Crippen molar-refractivity contribution in [1.29, 1.82) is 0 Å². The van der Waals surface area contributed by atoms with E-state index in [0.29, 0.717) is 0 Å². The van der Waals surface area contributed by atoms with Crippen LogP contribution in [0.2, 0.25) is 0 Å². The summed E-state index contributed by atoms with van der Waals surface area (Å²) in [5.41, 5.74) is 1.17. The third kappa shape index (κ3) is 2.31. The summed E-state index contributed by atoms with van der Waals surface area (Å²) >= 11 is 0. The Hall–Kier alpha value is -1.18. The lowest BCUT2D eigenvalue weighted by Gasteiger charge is -2.18. The molecule has 1 aromatic rings. The first-order valence-electron chi connectivity index (χ1n) is 6.06. The molecular formula is C14H20O2. The van der Waals surface area contributed by atoms with Gasteiger partial charge in [-0.1, -0.05) is 25.5 Å². The van der Waals surface area contributed by atoms with Crippen LogP contribution >= 0.6 is 0 Å². The van der Waals surface area contributed by atoms with Gasteiger partial charge in [0, 0.05) is 12.0 Å². The standard InChI is InChI=1S/C14H20O2/c1-4-5-9-15-12-8-6-7-11-10-14(2,3)16-13(11)12/h6-8H,4-5,9-10H2,1-3H3. The van der Waals surface area contributed by atoms with Crippen LogP contribution < -0.4 is 9.47 Å². The zero-order chi connectivity index (χ0) is 11.6. The van der Waals surface area contributed by atoms with Crippen LogP contribution in [0.3, 0.4) is 0 Å². The van der Waals surface area contributed by atoms with Crippen molar-refractivity contribution in [1.82, 2.24) is 0 Å². The fourth-order valence-corrected chi connectivity index (χ4v) is 2.03. The van der Waals surface area contributed by atoms with Gasteiger partial charge in [0.25, 0.3) is 0 Å². The van der Waals surface area contributed by atoms with Gasteiger partial charge < -0.3 is 9.47 Å². The van der Waals surface area contributed by atoms with Gasteiger partial charge in [-0.2, -0.15) is 0 Å². The van der Waals surface area contributed by atoms with Crippen molar-refractivity contribution in [2.75, 3.05) is 6.61 Å². The van der Waals surface area contributed by atoms with Gasteiger partial charge >= 0.3 is 0 Å². The number of ether oxygens (including phenoxy) is 2. The van der Waals surface area contributed by atoms with Crippen molar-refractivity contribution in [3.05, 3.63) is 23.8 Å². The molecule has 2 rings (SSSR count). The van der Waals surface area contributed by atoms with E-state index in [-0.39, 0.29) is 5.60 Å². The van der Waals surface area contributed by atoms with Crippen molar-refractivity contribution in [3.63, 3.8) is 0 Å². The quantitative estimate of drug-likeness (QED) is 0.722. The highest BCUT2D eigenvalue weighted by Gasteiger charge is 2.32. The molecule has 0 spiro atoms. The number of rotatable bonds is 4. The van der Waals surface area contributed by atoms with Gasteiger partial charge in [-0.15, -0.1) is 0 Å². The fourth-order valence-electron chi connectivity index (χ4n) is 2.03. The summed E-state index contributed by atoms with van der Waals surface area (Å²) in [6.07, 6.45) is 3.21. The molecule has 0 radical (unpaired) electrons. The molecule has 0 saturated heterocycles. The number of para-hydroxylation sites is 1. The van der Waals surface area contributed by atoms with Crippen molar-refractivity contribution >= 4 is 0 Å². The van der Waals surface area contributed by atoms with Crippen LogP contribution in [0.15, 0.2) is 18.2 Å². The maximum Gasteiger partial charge on any atom is 0.165 e. The normalized spacial score (nSPS) is 16.7. The molecule has 0 fully saturated rings. The summed E-state index contributed by atoms with van der Waals surface area (Å²) in [7, 11) is 0. The largest absolute Gasteiger partial charge is 0.490 e. The van der Waals surface area contributed by atoms with Crippen LogP contribution in [0, 0.1) is 0 Å². The minimum atomic E-state index is -0.0907. The van der Waals surface area contributed by atoms with Gasteiger partial charge in [0.1, 0.15) is 5.60 Å². The molecular weight excluding hydrogens is 200 g/mol. The van der Waals surface area contributed by atoms with Gasteiger partial charge in [0.05, 0.1) is 6.61 Å². The van der Waals surface area contributed by atoms with Gasteiger partial charge in [0.2, 0.25) is 0 Å². The van der Waals surface area contributed by atoms with E-state index in [1.165, 1.54) is 5.56 Å². The highest BCUT2D eigenvalue weighted by molar-refractivity contribution is 5.50. The Morgan fingerprint density at radius 2 is 2.19 bits per heavy atom. The Balaban J connectivity index is 2.14. The Morgan fingerprint density at radius 1 is 1.38 bits per heavy atom. The van der Waals surface area contributed by atoms with Crippen LogP contribution in [-0.4, -0.2) is 12.2 Å². The lowest BCUT2D eigenvalue weighted by atomic mass is 10.0. The average molecular weight is 220 g/mol. The molecule has 2 nitrogen and oxygen atoms in total. The summed E-state index contributed by atoms with van der Waals surface area (Å²) < 4.78 is 11.7. The summed E-state index contributed by atoms with van der Waals surface area (Å²) in [4.78, 5) is 0. The van der Waals surface area contributed by atoms with Crippen LogP contribution in [0.5, 0.6) is 11.5 Å². The molecule has 1 aliphatic heterocycles. The van der Waals surface area contributed by atoms with Gasteiger partial charge in [-0.3, -0.25) is 0 Å². The molecule has 0 aliphatic carbocycles. The maximum absolute atomic E-state index is 5.93. The Kier molecular flexibility index (Phi) is 3.08. The Morgan fingerprint density at radius 3 is 2.94 bits per heavy atom. The van der Waals surface area contributed by atoms with E-state index in [1.807, 2.05) is 12.1 Å². The van der Waals surface area contributed by atoms with Crippen molar-refractivity contribution in [3.8, 4) is 11.5 Å². The molecule has 0 unspecified atom stereocenters. The minimum absolute atomic E-state index is 0.0907. The molecule has 1 aromatic carbocycles. The average Bonchev–Trinajstić information content (AvgIpc) is 2.53. The number of hydrogen-bond acceptors (Lipinski definition) is 2. The van der Waals surface area contributed by atoms with Crippen molar-refractivity contribution < 1.29 is 9.47 Å². The summed E-state index contributed by atoms with van der Waals surface area (Å²) in [5.74, 6) is 1.85. The van der Waals surface area contributed by atoms with Crippen LogP contribution in [0.25, 0.3) is 0 Å². The summed E-state index contributed by atoms with van der Waals surface area (Å²) in [5, 5.41) is 0. The molecule has 2 heteroatoms. The fraction of sp³-hybridized carbons (Fsp3) is 0.571. The molecule has 0 saturated carbocycles. The molecule has 0 aromatic heterocycles. The molecule has 0 atom stereocenters. The number of unbranched alkanes of at least 4 members (excludes halogenated alkanes) is 1. The lowest BCUT2D eigenvalue weighted by Crippen LogP contribution is -2.24. The van der Waals surface area contributed by atoms with E-state index in [9.17, 15) is 0 Å². The van der Waals surface area contributed by atoms with Crippen LogP contribution in [0.1, 0.15) is 39.2 Å². The minimum Gasteiger partial charge on any atom is -0.490 e. The predicted octanol–water partition coefficient (Wildman–Crippen LogP) is 3.58. The zero-order valence-corrected chi connectivity index (χ0v) is 10.4. The first-order chi connectivity index (χ1) is 7.62. The van der Waals surface area contributed by atoms with E-state index in [0.717, 1.165) is 37.4 Å². The number of benzene rings is 1. The van der Waals surface area contributed by atoms with E-state index >= 15 is 0 Å². The van der Waals surface area contributed by atoms with Gasteiger partial charge in [-0.25, -0.2) is 0 Å². The molecule has 16 heavy (non-hydrogen) atoms.